The summed E-state index contributed by atoms with van der Waals surface area (Å²) < 4.78 is 5.92. The highest BCUT2D eigenvalue weighted by Gasteiger charge is 2.46. The number of amides is 1. The molecule has 1 fully saturated rings. The summed E-state index contributed by atoms with van der Waals surface area (Å²) >= 11 is 0. The van der Waals surface area contributed by atoms with E-state index in [1.54, 1.807) is 24.3 Å². The third-order valence-corrected chi connectivity index (χ3v) is 6.56. The van der Waals surface area contributed by atoms with Gasteiger partial charge in [0.05, 0.1) is 11.6 Å². The number of carbonyl (C=O) groups is 2. The van der Waals surface area contributed by atoms with Crippen LogP contribution in [0.5, 0.6) is 5.75 Å². The molecule has 0 aromatic heterocycles. The van der Waals surface area contributed by atoms with E-state index in [0.29, 0.717) is 29.2 Å². The van der Waals surface area contributed by atoms with Crippen molar-refractivity contribution < 1.29 is 19.4 Å². The molecule has 184 valence electrons. The summed E-state index contributed by atoms with van der Waals surface area (Å²) in [6.07, 6.45) is 0.859. The number of hydrogen-bond donors (Lipinski definition) is 1. The molecule has 0 saturated carbocycles. The lowest BCUT2D eigenvalue weighted by Gasteiger charge is -2.25. The van der Waals surface area contributed by atoms with Gasteiger partial charge >= 0.3 is 0 Å². The van der Waals surface area contributed by atoms with Gasteiger partial charge in [0.1, 0.15) is 18.1 Å². The van der Waals surface area contributed by atoms with Crippen molar-refractivity contribution in [1.29, 1.82) is 0 Å². The van der Waals surface area contributed by atoms with Crippen LogP contribution in [0.15, 0.2) is 115 Å². The third-order valence-electron chi connectivity index (χ3n) is 6.56. The van der Waals surface area contributed by atoms with Gasteiger partial charge in [-0.05, 0) is 47.4 Å². The van der Waals surface area contributed by atoms with Gasteiger partial charge in [-0.15, -0.1) is 0 Å². The second-order valence-corrected chi connectivity index (χ2v) is 8.90. The number of carbonyl (C=O) groups excluding carboxylic acids is 2. The SMILES string of the molecule is CCc1ccc(/C(O)=C2/C(=O)C(=O)N(c3ccccc3)C2c2ccc(OCc3ccccc3)cc2)cc1. The second kappa shape index (κ2) is 10.5. The molecule has 1 saturated heterocycles. The van der Waals surface area contributed by atoms with Crippen molar-refractivity contribution in [3.63, 3.8) is 0 Å². The Labute approximate surface area is 216 Å². The van der Waals surface area contributed by atoms with E-state index in [1.165, 1.54) is 4.90 Å². The van der Waals surface area contributed by atoms with Crippen LogP contribution in [0.4, 0.5) is 5.69 Å². The van der Waals surface area contributed by atoms with Gasteiger partial charge in [-0.2, -0.15) is 0 Å². The number of aryl methyl sites for hydroxylation is 1. The molecule has 0 aliphatic carbocycles. The highest BCUT2D eigenvalue weighted by Crippen LogP contribution is 2.42. The largest absolute Gasteiger partial charge is 0.507 e. The van der Waals surface area contributed by atoms with Crippen LogP contribution in [0.3, 0.4) is 0 Å². The van der Waals surface area contributed by atoms with E-state index in [1.807, 2.05) is 91.9 Å². The molecule has 1 aliphatic heterocycles. The van der Waals surface area contributed by atoms with Crippen LogP contribution >= 0.6 is 0 Å². The highest BCUT2D eigenvalue weighted by atomic mass is 16.5. The van der Waals surface area contributed by atoms with E-state index in [-0.39, 0.29) is 11.3 Å². The van der Waals surface area contributed by atoms with E-state index < -0.39 is 17.7 Å². The summed E-state index contributed by atoms with van der Waals surface area (Å²) in [6, 6.07) is 32.8. The van der Waals surface area contributed by atoms with Gasteiger partial charge in [-0.25, -0.2) is 0 Å². The molecule has 4 aromatic rings. The first-order chi connectivity index (χ1) is 18.1. The van der Waals surface area contributed by atoms with Gasteiger partial charge < -0.3 is 9.84 Å². The average molecular weight is 490 g/mol. The fraction of sp³-hybridized carbons (Fsp3) is 0.125. The Morgan fingerprint density at radius 1 is 0.784 bits per heavy atom. The number of aliphatic hydroxyl groups is 1. The summed E-state index contributed by atoms with van der Waals surface area (Å²) in [6.45, 7) is 2.48. The molecule has 37 heavy (non-hydrogen) atoms. The molecule has 1 heterocycles. The lowest BCUT2D eigenvalue weighted by Crippen LogP contribution is -2.29. The molecule has 5 rings (SSSR count). The lowest BCUT2D eigenvalue weighted by molar-refractivity contribution is -0.132. The number of para-hydroxylation sites is 1. The second-order valence-electron chi connectivity index (χ2n) is 8.90. The van der Waals surface area contributed by atoms with Crippen LogP contribution in [0.25, 0.3) is 5.76 Å². The lowest BCUT2D eigenvalue weighted by atomic mass is 9.94. The monoisotopic (exact) mass is 489 g/mol. The Morgan fingerprint density at radius 2 is 1.41 bits per heavy atom. The summed E-state index contributed by atoms with van der Waals surface area (Å²) in [4.78, 5) is 28.0. The van der Waals surface area contributed by atoms with Gasteiger partial charge in [0.15, 0.2) is 0 Å². The van der Waals surface area contributed by atoms with Crippen molar-refractivity contribution >= 4 is 23.1 Å². The van der Waals surface area contributed by atoms with E-state index >= 15 is 0 Å². The number of nitrogens with zero attached hydrogens (tertiary/aromatic N) is 1. The Kier molecular flexibility index (Phi) is 6.86. The number of benzene rings is 4. The molecule has 4 aromatic carbocycles. The standard InChI is InChI=1S/C32H27NO4/c1-2-22-13-15-25(16-14-22)30(34)28-29(33(32(36)31(28)35)26-11-7-4-8-12-26)24-17-19-27(20-18-24)37-21-23-9-5-3-6-10-23/h3-20,29,34H,2,21H2,1H3/b30-28-. The Hall–Kier alpha value is -4.64. The topological polar surface area (TPSA) is 66.8 Å². The highest BCUT2D eigenvalue weighted by molar-refractivity contribution is 6.51. The smallest absolute Gasteiger partial charge is 0.300 e. The normalized spacial score (nSPS) is 16.7. The molecular weight excluding hydrogens is 462 g/mol. The Morgan fingerprint density at radius 3 is 2.03 bits per heavy atom. The molecule has 1 unspecified atom stereocenters. The molecule has 1 N–H and O–H groups in total. The summed E-state index contributed by atoms with van der Waals surface area (Å²) in [5.74, 6) is -0.907. The van der Waals surface area contributed by atoms with Crippen LogP contribution in [-0.2, 0) is 22.6 Å². The number of aliphatic hydroxyl groups excluding tert-OH is 1. The fourth-order valence-corrected chi connectivity index (χ4v) is 4.54. The van der Waals surface area contributed by atoms with Crippen molar-refractivity contribution in [3.8, 4) is 5.75 Å². The van der Waals surface area contributed by atoms with E-state index in [9.17, 15) is 14.7 Å². The zero-order valence-electron chi connectivity index (χ0n) is 20.5. The predicted molar refractivity (Wildman–Crippen MR) is 144 cm³/mol. The molecule has 1 amide bonds. The zero-order valence-corrected chi connectivity index (χ0v) is 20.5. The number of hydrogen-bond acceptors (Lipinski definition) is 4. The summed E-state index contributed by atoms with van der Waals surface area (Å²) in [5.41, 5.74) is 4.01. The van der Waals surface area contributed by atoms with Crippen molar-refractivity contribution in [2.45, 2.75) is 26.0 Å². The number of Topliss-reactive ketones (excluding diaryl/α,β-unsaturated/α-hetero) is 1. The molecule has 0 bridgehead atoms. The van der Waals surface area contributed by atoms with Gasteiger partial charge in [0, 0.05) is 11.3 Å². The molecule has 0 spiro atoms. The molecular formula is C32H27NO4. The fourth-order valence-electron chi connectivity index (χ4n) is 4.54. The predicted octanol–water partition coefficient (Wildman–Crippen LogP) is 6.45. The summed E-state index contributed by atoms with van der Waals surface area (Å²) in [5, 5.41) is 11.3. The van der Waals surface area contributed by atoms with Crippen LogP contribution in [0, 0.1) is 0 Å². The number of anilines is 1. The quantitative estimate of drug-likeness (QED) is 0.184. The minimum Gasteiger partial charge on any atom is -0.507 e. The van der Waals surface area contributed by atoms with E-state index in [4.69, 9.17) is 4.74 Å². The van der Waals surface area contributed by atoms with Crippen LogP contribution in [0.2, 0.25) is 0 Å². The minimum atomic E-state index is -0.781. The van der Waals surface area contributed by atoms with Crippen molar-refractivity contribution in [1.82, 2.24) is 0 Å². The Balaban J connectivity index is 1.54. The molecule has 1 aliphatic rings. The van der Waals surface area contributed by atoms with Gasteiger partial charge in [0.2, 0.25) is 0 Å². The van der Waals surface area contributed by atoms with Gasteiger partial charge in [0.25, 0.3) is 11.7 Å². The first-order valence-electron chi connectivity index (χ1n) is 12.3. The van der Waals surface area contributed by atoms with Crippen molar-refractivity contribution in [3.05, 3.63) is 137 Å². The zero-order chi connectivity index (χ0) is 25.8. The third kappa shape index (κ3) is 4.89. The molecule has 5 heteroatoms. The number of ketones is 1. The van der Waals surface area contributed by atoms with Crippen molar-refractivity contribution in [2.24, 2.45) is 0 Å². The van der Waals surface area contributed by atoms with Crippen LogP contribution in [-0.4, -0.2) is 16.8 Å². The molecule has 5 nitrogen and oxygen atoms in total. The van der Waals surface area contributed by atoms with Crippen LogP contribution in [0.1, 0.15) is 35.2 Å². The van der Waals surface area contributed by atoms with Gasteiger partial charge in [-0.3, -0.25) is 14.5 Å². The maximum atomic E-state index is 13.3. The first-order valence-corrected chi connectivity index (χ1v) is 12.3. The van der Waals surface area contributed by atoms with E-state index in [0.717, 1.165) is 17.5 Å². The maximum Gasteiger partial charge on any atom is 0.300 e. The maximum absolute atomic E-state index is 13.3. The van der Waals surface area contributed by atoms with E-state index in [2.05, 4.69) is 0 Å². The average Bonchev–Trinajstić information content (AvgIpc) is 3.22. The number of ether oxygens (including phenoxy) is 1. The Bertz CT molecular complexity index is 1430. The van der Waals surface area contributed by atoms with Crippen molar-refractivity contribution in [2.75, 3.05) is 4.90 Å². The van der Waals surface area contributed by atoms with Gasteiger partial charge in [-0.1, -0.05) is 91.9 Å². The summed E-state index contributed by atoms with van der Waals surface area (Å²) in [7, 11) is 0. The van der Waals surface area contributed by atoms with Crippen LogP contribution < -0.4 is 9.64 Å². The minimum absolute atomic E-state index is 0.0658. The molecule has 1 atom stereocenters. The number of rotatable bonds is 7. The first kappa shape index (κ1) is 24.1. The molecule has 0 radical (unpaired) electrons.